The Morgan fingerprint density at radius 1 is 1.13 bits per heavy atom. The van der Waals surface area contributed by atoms with Crippen molar-refractivity contribution in [2.24, 2.45) is 0 Å². The molecule has 23 heavy (non-hydrogen) atoms. The summed E-state index contributed by atoms with van der Waals surface area (Å²) in [4.78, 5) is 13.9. The van der Waals surface area contributed by atoms with Gasteiger partial charge in [-0.25, -0.2) is 4.79 Å². The number of amides is 2. The summed E-state index contributed by atoms with van der Waals surface area (Å²) >= 11 is 0. The maximum atomic E-state index is 11.9. The highest BCUT2D eigenvalue weighted by Gasteiger charge is 2.03. The zero-order valence-electron chi connectivity index (χ0n) is 13.8. The van der Waals surface area contributed by atoms with E-state index in [0.717, 1.165) is 29.1 Å². The van der Waals surface area contributed by atoms with E-state index in [-0.39, 0.29) is 6.03 Å². The van der Waals surface area contributed by atoms with Gasteiger partial charge in [-0.15, -0.1) is 0 Å². The highest BCUT2D eigenvalue weighted by Crippen LogP contribution is 2.17. The zero-order chi connectivity index (χ0) is 16.7. The van der Waals surface area contributed by atoms with Gasteiger partial charge in [0.25, 0.3) is 0 Å². The Morgan fingerprint density at radius 3 is 2.52 bits per heavy atom. The minimum Gasteiger partial charge on any atom is -0.497 e. The number of nitrogens with zero attached hydrogens (tertiary/aromatic N) is 1. The summed E-state index contributed by atoms with van der Waals surface area (Å²) in [5.41, 5.74) is 2.97. The van der Waals surface area contributed by atoms with Gasteiger partial charge in [0, 0.05) is 32.0 Å². The largest absolute Gasteiger partial charge is 0.497 e. The number of hydrogen-bond acceptors (Lipinski definition) is 3. The van der Waals surface area contributed by atoms with E-state index < -0.39 is 0 Å². The number of urea groups is 1. The quantitative estimate of drug-likeness (QED) is 0.861. The third-order valence-corrected chi connectivity index (χ3v) is 3.48. The molecule has 0 aromatic heterocycles. The molecule has 0 aliphatic heterocycles. The molecule has 2 aromatic rings. The SMILES string of the molecule is COc1ccc(CCNC(=O)Nc2cccc(N(C)C)c2)cc1. The van der Waals surface area contributed by atoms with Crippen molar-refractivity contribution in [3.05, 3.63) is 54.1 Å². The van der Waals surface area contributed by atoms with Gasteiger partial charge in [-0.1, -0.05) is 18.2 Å². The maximum Gasteiger partial charge on any atom is 0.319 e. The molecule has 0 spiro atoms. The molecule has 0 bridgehead atoms. The lowest BCUT2D eigenvalue weighted by molar-refractivity contribution is 0.252. The number of anilines is 2. The predicted octanol–water partition coefficient (Wildman–Crippen LogP) is 3.13. The lowest BCUT2D eigenvalue weighted by Crippen LogP contribution is -2.30. The fourth-order valence-electron chi connectivity index (χ4n) is 2.15. The smallest absolute Gasteiger partial charge is 0.319 e. The molecule has 0 unspecified atom stereocenters. The Bertz CT molecular complexity index is 639. The summed E-state index contributed by atoms with van der Waals surface area (Å²) in [6, 6.07) is 15.4. The van der Waals surface area contributed by atoms with Gasteiger partial charge in [0.15, 0.2) is 0 Å². The van der Waals surface area contributed by atoms with E-state index in [4.69, 9.17) is 4.74 Å². The van der Waals surface area contributed by atoms with E-state index in [1.807, 2.05) is 67.5 Å². The van der Waals surface area contributed by atoms with Crippen LogP contribution >= 0.6 is 0 Å². The molecule has 0 aliphatic carbocycles. The molecule has 2 aromatic carbocycles. The van der Waals surface area contributed by atoms with Gasteiger partial charge in [-0.2, -0.15) is 0 Å². The maximum absolute atomic E-state index is 11.9. The number of methoxy groups -OCH3 is 1. The van der Waals surface area contributed by atoms with Crippen LogP contribution in [-0.4, -0.2) is 33.8 Å². The van der Waals surface area contributed by atoms with Crippen LogP contribution < -0.4 is 20.3 Å². The lowest BCUT2D eigenvalue weighted by Gasteiger charge is -2.14. The Labute approximate surface area is 137 Å². The molecule has 0 saturated carbocycles. The number of ether oxygens (including phenoxy) is 1. The number of hydrogen-bond donors (Lipinski definition) is 2. The minimum absolute atomic E-state index is 0.200. The molecule has 0 aliphatic rings. The standard InChI is InChI=1S/C18H23N3O2/c1-21(2)16-6-4-5-15(13-16)20-18(22)19-12-11-14-7-9-17(23-3)10-8-14/h4-10,13H,11-12H2,1-3H3,(H2,19,20,22). The molecule has 2 rings (SSSR count). The van der Waals surface area contributed by atoms with E-state index in [1.54, 1.807) is 7.11 Å². The predicted molar refractivity (Wildman–Crippen MR) is 94.5 cm³/mol. The third-order valence-electron chi connectivity index (χ3n) is 3.48. The van der Waals surface area contributed by atoms with Crippen LogP contribution in [0, 0.1) is 0 Å². The van der Waals surface area contributed by atoms with E-state index in [1.165, 1.54) is 0 Å². The monoisotopic (exact) mass is 313 g/mol. The zero-order valence-corrected chi connectivity index (χ0v) is 13.8. The lowest BCUT2D eigenvalue weighted by atomic mass is 10.1. The van der Waals surface area contributed by atoms with E-state index in [2.05, 4.69) is 10.6 Å². The summed E-state index contributed by atoms with van der Waals surface area (Å²) in [7, 11) is 5.58. The molecule has 0 radical (unpaired) electrons. The van der Waals surface area contributed by atoms with Gasteiger partial charge in [0.05, 0.1) is 7.11 Å². The van der Waals surface area contributed by atoms with Crippen LogP contribution in [0.2, 0.25) is 0 Å². The molecule has 5 heteroatoms. The summed E-state index contributed by atoms with van der Waals surface area (Å²) in [6.07, 6.45) is 0.773. The first-order valence-corrected chi connectivity index (χ1v) is 7.53. The Kier molecular flexibility index (Phi) is 5.86. The highest BCUT2D eigenvalue weighted by molar-refractivity contribution is 5.89. The van der Waals surface area contributed by atoms with Crippen molar-refractivity contribution in [2.45, 2.75) is 6.42 Å². The van der Waals surface area contributed by atoms with Crippen molar-refractivity contribution < 1.29 is 9.53 Å². The number of carbonyl (C=O) groups is 1. The first-order valence-electron chi connectivity index (χ1n) is 7.53. The first-order chi connectivity index (χ1) is 11.1. The number of rotatable bonds is 6. The van der Waals surface area contributed by atoms with Crippen molar-refractivity contribution in [3.8, 4) is 5.75 Å². The van der Waals surface area contributed by atoms with Crippen LogP contribution in [0.15, 0.2) is 48.5 Å². The van der Waals surface area contributed by atoms with Crippen molar-refractivity contribution in [3.63, 3.8) is 0 Å². The van der Waals surface area contributed by atoms with E-state index >= 15 is 0 Å². The van der Waals surface area contributed by atoms with E-state index in [9.17, 15) is 4.79 Å². The van der Waals surface area contributed by atoms with Crippen LogP contribution in [0.25, 0.3) is 0 Å². The van der Waals surface area contributed by atoms with Crippen molar-refractivity contribution in [1.82, 2.24) is 5.32 Å². The topological polar surface area (TPSA) is 53.6 Å². The number of nitrogens with one attached hydrogen (secondary N) is 2. The average Bonchev–Trinajstić information content (AvgIpc) is 2.55. The molecule has 122 valence electrons. The average molecular weight is 313 g/mol. The second kappa shape index (κ2) is 8.08. The highest BCUT2D eigenvalue weighted by atomic mass is 16.5. The fraction of sp³-hybridized carbons (Fsp3) is 0.278. The molecule has 0 saturated heterocycles. The third kappa shape index (κ3) is 5.21. The summed E-state index contributed by atoms with van der Waals surface area (Å²) in [5.74, 6) is 0.834. The van der Waals surface area contributed by atoms with Crippen LogP contribution in [0.3, 0.4) is 0 Å². The Morgan fingerprint density at radius 2 is 1.87 bits per heavy atom. The van der Waals surface area contributed by atoms with Crippen LogP contribution in [-0.2, 0) is 6.42 Å². The number of benzene rings is 2. The molecule has 2 amide bonds. The first kappa shape index (κ1) is 16.7. The van der Waals surface area contributed by atoms with Crippen molar-refractivity contribution >= 4 is 17.4 Å². The van der Waals surface area contributed by atoms with Gasteiger partial charge in [-0.05, 0) is 42.3 Å². The molecule has 0 fully saturated rings. The van der Waals surface area contributed by atoms with E-state index in [0.29, 0.717) is 6.54 Å². The second-order valence-corrected chi connectivity index (χ2v) is 5.42. The molecule has 0 heterocycles. The van der Waals surface area contributed by atoms with Gasteiger partial charge >= 0.3 is 6.03 Å². The van der Waals surface area contributed by atoms with Crippen LogP contribution in [0.1, 0.15) is 5.56 Å². The summed E-state index contributed by atoms with van der Waals surface area (Å²) < 4.78 is 5.12. The van der Waals surface area contributed by atoms with Crippen LogP contribution in [0.4, 0.5) is 16.2 Å². The number of carbonyl (C=O) groups excluding carboxylic acids is 1. The molecular weight excluding hydrogens is 290 g/mol. The normalized spacial score (nSPS) is 10.0. The fourth-order valence-corrected chi connectivity index (χ4v) is 2.15. The van der Waals surface area contributed by atoms with Crippen molar-refractivity contribution in [1.29, 1.82) is 0 Å². The Hall–Kier alpha value is -2.69. The minimum atomic E-state index is -0.200. The molecular formula is C18H23N3O2. The molecule has 0 atom stereocenters. The summed E-state index contributed by atoms with van der Waals surface area (Å²) in [5, 5.41) is 5.71. The summed E-state index contributed by atoms with van der Waals surface area (Å²) in [6.45, 7) is 0.575. The van der Waals surface area contributed by atoms with Gasteiger partial charge in [-0.3, -0.25) is 0 Å². The van der Waals surface area contributed by atoms with Gasteiger partial charge in [0.1, 0.15) is 5.75 Å². The van der Waals surface area contributed by atoms with Gasteiger partial charge < -0.3 is 20.3 Å². The second-order valence-electron chi connectivity index (χ2n) is 5.42. The Balaban J connectivity index is 1.79. The van der Waals surface area contributed by atoms with Crippen molar-refractivity contribution in [2.75, 3.05) is 38.0 Å². The molecule has 2 N–H and O–H groups in total. The van der Waals surface area contributed by atoms with Gasteiger partial charge in [0.2, 0.25) is 0 Å². The molecule has 5 nitrogen and oxygen atoms in total. The van der Waals surface area contributed by atoms with Crippen LogP contribution in [0.5, 0.6) is 5.75 Å².